The molecule has 2 aliphatic rings. The predicted molar refractivity (Wildman–Crippen MR) is 70.4 cm³/mol. The van der Waals surface area contributed by atoms with Crippen LogP contribution in [0.5, 0.6) is 0 Å². The number of hydrogen-bond acceptors (Lipinski definition) is 2. The Bertz CT molecular complexity index is 153. The van der Waals surface area contributed by atoms with Crippen molar-refractivity contribution < 1.29 is 0 Å². The molecule has 0 aromatic carbocycles. The van der Waals surface area contributed by atoms with Crippen molar-refractivity contribution in [1.29, 1.82) is 0 Å². The number of rotatable bonds is 1. The fourth-order valence-corrected chi connectivity index (χ4v) is 2.65. The lowest BCUT2D eigenvalue weighted by atomic mass is 9.86. The molecule has 2 fully saturated rings. The van der Waals surface area contributed by atoms with Gasteiger partial charge in [0.2, 0.25) is 0 Å². The maximum atomic E-state index is 3.42. The van der Waals surface area contributed by atoms with Crippen LogP contribution in [0.1, 0.15) is 32.6 Å². The maximum absolute atomic E-state index is 3.42. The smallest absolute Gasteiger partial charge is 0.0110 e. The summed E-state index contributed by atoms with van der Waals surface area (Å²) in [6.45, 7) is 7.35. The summed E-state index contributed by atoms with van der Waals surface area (Å²) >= 11 is 0. The molecular formula is C11H24Cl2N2. The van der Waals surface area contributed by atoms with Gasteiger partial charge < -0.3 is 5.32 Å². The van der Waals surface area contributed by atoms with Crippen molar-refractivity contribution in [3.8, 4) is 0 Å². The minimum Gasteiger partial charge on any atom is -0.314 e. The topological polar surface area (TPSA) is 15.3 Å². The zero-order valence-electron chi connectivity index (χ0n) is 9.58. The first-order valence-corrected chi connectivity index (χ1v) is 5.81. The van der Waals surface area contributed by atoms with Gasteiger partial charge in [-0.3, -0.25) is 4.90 Å². The Morgan fingerprint density at radius 3 is 2.00 bits per heavy atom. The molecule has 2 rings (SSSR count). The van der Waals surface area contributed by atoms with Crippen LogP contribution >= 0.6 is 24.8 Å². The normalized spacial score (nSPS) is 32.6. The molecule has 1 N–H and O–H groups in total. The van der Waals surface area contributed by atoms with E-state index in [9.17, 15) is 0 Å². The van der Waals surface area contributed by atoms with E-state index in [1.54, 1.807) is 0 Å². The van der Waals surface area contributed by atoms with Gasteiger partial charge >= 0.3 is 0 Å². The van der Waals surface area contributed by atoms with Gasteiger partial charge in [-0.1, -0.05) is 6.92 Å². The van der Waals surface area contributed by atoms with Crippen molar-refractivity contribution in [3.63, 3.8) is 0 Å². The van der Waals surface area contributed by atoms with Gasteiger partial charge in [-0.25, -0.2) is 0 Å². The summed E-state index contributed by atoms with van der Waals surface area (Å²) < 4.78 is 0. The highest BCUT2D eigenvalue weighted by molar-refractivity contribution is 5.85. The highest BCUT2D eigenvalue weighted by Gasteiger charge is 2.24. The Morgan fingerprint density at radius 2 is 1.47 bits per heavy atom. The number of nitrogens with one attached hydrogen (secondary N) is 1. The molecule has 0 bridgehead atoms. The number of piperazine rings is 1. The van der Waals surface area contributed by atoms with E-state index in [0.29, 0.717) is 0 Å². The van der Waals surface area contributed by atoms with Crippen molar-refractivity contribution in [2.24, 2.45) is 5.92 Å². The maximum Gasteiger partial charge on any atom is 0.0110 e. The van der Waals surface area contributed by atoms with Crippen molar-refractivity contribution in [2.45, 2.75) is 38.6 Å². The Labute approximate surface area is 106 Å². The van der Waals surface area contributed by atoms with Crippen molar-refractivity contribution in [3.05, 3.63) is 0 Å². The highest BCUT2D eigenvalue weighted by atomic mass is 35.5. The molecule has 0 atom stereocenters. The summed E-state index contributed by atoms with van der Waals surface area (Å²) in [7, 11) is 0. The highest BCUT2D eigenvalue weighted by Crippen LogP contribution is 2.26. The largest absolute Gasteiger partial charge is 0.314 e. The Kier molecular flexibility index (Phi) is 7.98. The molecule has 0 spiro atoms. The van der Waals surface area contributed by atoms with Gasteiger partial charge in [-0.2, -0.15) is 0 Å². The zero-order valence-corrected chi connectivity index (χ0v) is 11.2. The molecule has 0 unspecified atom stereocenters. The van der Waals surface area contributed by atoms with Gasteiger partial charge in [0.05, 0.1) is 0 Å². The molecule has 0 radical (unpaired) electrons. The van der Waals surface area contributed by atoms with Crippen LogP contribution < -0.4 is 5.32 Å². The molecule has 1 heterocycles. The summed E-state index contributed by atoms with van der Waals surface area (Å²) in [6, 6.07) is 0.915. The van der Waals surface area contributed by atoms with Crippen molar-refractivity contribution in [1.82, 2.24) is 10.2 Å². The first-order valence-electron chi connectivity index (χ1n) is 5.81. The first-order chi connectivity index (χ1) is 6.36. The van der Waals surface area contributed by atoms with Gasteiger partial charge in [0.25, 0.3) is 0 Å². The molecule has 2 nitrogen and oxygen atoms in total. The van der Waals surface area contributed by atoms with E-state index >= 15 is 0 Å². The molecule has 4 heteroatoms. The average molecular weight is 255 g/mol. The molecule has 1 saturated heterocycles. The Morgan fingerprint density at radius 1 is 0.933 bits per heavy atom. The second-order valence-corrected chi connectivity index (χ2v) is 4.70. The van der Waals surface area contributed by atoms with E-state index in [0.717, 1.165) is 12.0 Å². The number of hydrogen-bond donors (Lipinski definition) is 1. The van der Waals surface area contributed by atoms with Gasteiger partial charge in [0.15, 0.2) is 0 Å². The Hall–Kier alpha value is 0.500. The lowest BCUT2D eigenvalue weighted by molar-refractivity contribution is 0.125. The minimum atomic E-state index is 0. The van der Waals surface area contributed by atoms with Crippen LogP contribution in [-0.4, -0.2) is 37.1 Å². The lowest BCUT2D eigenvalue weighted by Gasteiger charge is -2.38. The number of halogens is 2. The molecule has 1 aliphatic carbocycles. The zero-order chi connectivity index (χ0) is 9.10. The second-order valence-electron chi connectivity index (χ2n) is 4.70. The lowest BCUT2D eigenvalue weighted by Crippen LogP contribution is -2.49. The van der Waals surface area contributed by atoms with E-state index < -0.39 is 0 Å². The van der Waals surface area contributed by atoms with Crippen LogP contribution in [0.25, 0.3) is 0 Å². The van der Waals surface area contributed by atoms with Gasteiger partial charge in [-0.15, -0.1) is 24.8 Å². The Balaban J connectivity index is 0.000000980. The monoisotopic (exact) mass is 254 g/mol. The van der Waals surface area contributed by atoms with Crippen LogP contribution in [0, 0.1) is 5.92 Å². The third kappa shape index (κ3) is 4.48. The second kappa shape index (κ2) is 7.72. The van der Waals surface area contributed by atoms with Crippen LogP contribution in [0.2, 0.25) is 0 Å². The van der Waals surface area contributed by atoms with E-state index in [-0.39, 0.29) is 24.8 Å². The number of nitrogens with zero attached hydrogens (tertiary/aromatic N) is 1. The summed E-state index contributed by atoms with van der Waals surface area (Å²) in [4.78, 5) is 2.70. The molecule has 0 amide bonds. The molecule has 0 aromatic rings. The fourth-order valence-electron chi connectivity index (χ4n) is 2.65. The van der Waals surface area contributed by atoms with Gasteiger partial charge in [0, 0.05) is 32.2 Å². The third-order valence-corrected chi connectivity index (χ3v) is 3.65. The third-order valence-electron chi connectivity index (χ3n) is 3.65. The molecule has 0 aromatic heterocycles. The summed E-state index contributed by atoms with van der Waals surface area (Å²) in [5.74, 6) is 0.985. The van der Waals surface area contributed by atoms with Gasteiger partial charge in [0.1, 0.15) is 0 Å². The summed E-state index contributed by atoms with van der Waals surface area (Å²) in [6.07, 6.45) is 5.80. The quantitative estimate of drug-likeness (QED) is 0.773. The molecule has 15 heavy (non-hydrogen) atoms. The van der Waals surface area contributed by atoms with Crippen LogP contribution in [0.15, 0.2) is 0 Å². The van der Waals surface area contributed by atoms with Crippen LogP contribution in [-0.2, 0) is 0 Å². The summed E-state index contributed by atoms with van der Waals surface area (Å²) in [5, 5.41) is 3.42. The summed E-state index contributed by atoms with van der Waals surface area (Å²) in [5.41, 5.74) is 0. The molecule has 1 saturated carbocycles. The van der Waals surface area contributed by atoms with E-state index in [1.807, 2.05) is 0 Å². The van der Waals surface area contributed by atoms with E-state index in [2.05, 4.69) is 17.1 Å². The van der Waals surface area contributed by atoms with Crippen LogP contribution in [0.4, 0.5) is 0 Å². The minimum absolute atomic E-state index is 0. The first kappa shape index (κ1) is 15.5. The van der Waals surface area contributed by atoms with E-state index in [1.165, 1.54) is 51.9 Å². The average Bonchev–Trinajstić information content (AvgIpc) is 2.20. The molecule has 92 valence electrons. The van der Waals surface area contributed by atoms with Crippen molar-refractivity contribution >= 4 is 24.8 Å². The standard InChI is InChI=1S/C11H22N2.2ClH/c1-10-2-4-11(5-3-10)13-8-6-12-7-9-13;;/h10-12H,2-9H2,1H3;2*1H. The van der Waals surface area contributed by atoms with Crippen molar-refractivity contribution in [2.75, 3.05) is 26.2 Å². The van der Waals surface area contributed by atoms with Crippen LogP contribution in [0.3, 0.4) is 0 Å². The predicted octanol–water partition coefficient (Wildman–Crippen LogP) is 2.31. The van der Waals surface area contributed by atoms with Gasteiger partial charge in [-0.05, 0) is 31.6 Å². The SMILES string of the molecule is CC1CCC(N2CCNCC2)CC1.Cl.Cl. The molecule has 1 aliphatic heterocycles. The van der Waals surface area contributed by atoms with E-state index in [4.69, 9.17) is 0 Å². The molecular weight excluding hydrogens is 231 g/mol. The fraction of sp³-hybridized carbons (Fsp3) is 1.00.